The summed E-state index contributed by atoms with van der Waals surface area (Å²) in [6.07, 6.45) is 3.69. The van der Waals surface area contributed by atoms with Crippen molar-refractivity contribution in [1.82, 2.24) is 4.57 Å². The van der Waals surface area contributed by atoms with Crippen LogP contribution in [0, 0.1) is 0 Å². The molecule has 6 nitrogen and oxygen atoms in total. The van der Waals surface area contributed by atoms with Gasteiger partial charge in [0, 0.05) is 31.1 Å². The van der Waals surface area contributed by atoms with Gasteiger partial charge >= 0.3 is 5.76 Å². The molecular formula is C21H22ClN3O3. The van der Waals surface area contributed by atoms with Crippen molar-refractivity contribution in [1.29, 1.82) is 0 Å². The first-order valence-corrected chi connectivity index (χ1v) is 9.92. The molecule has 1 amide bonds. The maximum Gasteiger partial charge on any atom is 0.419 e. The molecule has 1 aromatic heterocycles. The number of hydrogen-bond donors (Lipinski definition) is 1. The van der Waals surface area contributed by atoms with Gasteiger partial charge in [0.1, 0.15) is 0 Å². The maximum absolute atomic E-state index is 12.6. The fourth-order valence-electron chi connectivity index (χ4n) is 3.67. The number of anilines is 2. The van der Waals surface area contributed by atoms with Crippen LogP contribution in [0.1, 0.15) is 25.7 Å². The zero-order valence-corrected chi connectivity index (χ0v) is 16.2. The van der Waals surface area contributed by atoms with Crippen molar-refractivity contribution in [2.75, 3.05) is 23.3 Å². The fourth-order valence-corrected chi connectivity index (χ4v) is 3.84. The number of benzene rings is 2. The summed E-state index contributed by atoms with van der Waals surface area (Å²) >= 11 is 6.16. The first kappa shape index (κ1) is 18.6. The van der Waals surface area contributed by atoms with Crippen LogP contribution in [-0.2, 0) is 11.3 Å². The van der Waals surface area contributed by atoms with Crippen molar-refractivity contribution in [2.45, 2.75) is 32.2 Å². The number of halogens is 1. The van der Waals surface area contributed by atoms with Gasteiger partial charge in [-0.15, -0.1) is 0 Å². The van der Waals surface area contributed by atoms with Gasteiger partial charge in [0.2, 0.25) is 5.91 Å². The number of carbonyl (C=O) groups is 1. The number of aryl methyl sites for hydroxylation is 1. The monoisotopic (exact) mass is 399 g/mol. The number of aromatic nitrogens is 1. The molecule has 1 saturated heterocycles. The second kappa shape index (κ2) is 8.10. The largest absolute Gasteiger partial charge is 0.419 e. The van der Waals surface area contributed by atoms with Gasteiger partial charge in [0.15, 0.2) is 5.58 Å². The standard InChI is InChI=1S/C21H22ClN3O3/c22-15-8-9-17(24-11-4-1-5-12-24)16(14-15)23-20(26)10-13-25-18-6-2-3-7-19(18)28-21(25)27/h2-3,6-9,14H,1,4-5,10-13H2,(H,23,26). The van der Waals surface area contributed by atoms with E-state index in [0.717, 1.165) is 31.6 Å². The lowest BCUT2D eigenvalue weighted by atomic mass is 10.1. The molecule has 7 heteroatoms. The summed E-state index contributed by atoms with van der Waals surface area (Å²) in [6, 6.07) is 12.8. The second-order valence-corrected chi connectivity index (χ2v) is 7.43. The number of hydrogen-bond acceptors (Lipinski definition) is 4. The average molecular weight is 400 g/mol. The molecule has 0 saturated carbocycles. The van der Waals surface area contributed by atoms with Crippen LogP contribution in [0.4, 0.5) is 11.4 Å². The number of piperidine rings is 1. The van der Waals surface area contributed by atoms with Gasteiger partial charge in [0.05, 0.1) is 16.9 Å². The van der Waals surface area contributed by atoms with E-state index in [2.05, 4.69) is 10.2 Å². The molecule has 1 N–H and O–H groups in total. The fraction of sp³-hybridized carbons (Fsp3) is 0.333. The molecule has 0 radical (unpaired) electrons. The number of para-hydroxylation sites is 2. The van der Waals surface area contributed by atoms with Crippen molar-refractivity contribution in [3.05, 3.63) is 58.0 Å². The lowest BCUT2D eigenvalue weighted by molar-refractivity contribution is -0.116. The Labute approximate surface area is 167 Å². The van der Waals surface area contributed by atoms with E-state index >= 15 is 0 Å². The predicted octanol–water partition coefficient (Wildman–Crippen LogP) is 4.27. The lowest BCUT2D eigenvalue weighted by Crippen LogP contribution is -2.30. The summed E-state index contributed by atoms with van der Waals surface area (Å²) in [6.45, 7) is 2.20. The summed E-state index contributed by atoms with van der Waals surface area (Å²) in [5.41, 5.74) is 2.92. The molecule has 3 aromatic rings. The second-order valence-electron chi connectivity index (χ2n) is 6.99. The van der Waals surface area contributed by atoms with E-state index in [1.807, 2.05) is 30.3 Å². The highest BCUT2D eigenvalue weighted by atomic mass is 35.5. The van der Waals surface area contributed by atoms with Crippen LogP contribution in [-0.4, -0.2) is 23.6 Å². The highest BCUT2D eigenvalue weighted by Gasteiger charge is 2.17. The minimum Gasteiger partial charge on any atom is -0.408 e. The molecule has 1 fully saturated rings. The van der Waals surface area contributed by atoms with Crippen molar-refractivity contribution in [3.8, 4) is 0 Å². The Morgan fingerprint density at radius 2 is 1.89 bits per heavy atom. The number of oxazole rings is 1. The lowest BCUT2D eigenvalue weighted by Gasteiger charge is -2.30. The minimum atomic E-state index is -0.453. The van der Waals surface area contributed by atoms with Gasteiger partial charge < -0.3 is 14.6 Å². The molecular weight excluding hydrogens is 378 g/mol. The number of nitrogens with one attached hydrogen (secondary N) is 1. The topological polar surface area (TPSA) is 67.5 Å². The Morgan fingerprint density at radius 3 is 2.71 bits per heavy atom. The van der Waals surface area contributed by atoms with Gasteiger partial charge in [-0.2, -0.15) is 0 Å². The Balaban J connectivity index is 1.48. The van der Waals surface area contributed by atoms with E-state index < -0.39 is 5.76 Å². The maximum atomic E-state index is 12.6. The van der Waals surface area contributed by atoms with Crippen LogP contribution in [0.5, 0.6) is 0 Å². The normalized spacial score (nSPS) is 14.4. The van der Waals surface area contributed by atoms with Crippen LogP contribution in [0.15, 0.2) is 51.7 Å². The summed E-state index contributed by atoms with van der Waals surface area (Å²) in [5, 5.41) is 3.54. The highest BCUT2D eigenvalue weighted by Crippen LogP contribution is 2.31. The van der Waals surface area contributed by atoms with Gasteiger partial charge in [0.25, 0.3) is 0 Å². The molecule has 0 atom stereocenters. The molecule has 1 aliphatic heterocycles. The molecule has 2 heterocycles. The number of rotatable bonds is 5. The number of amides is 1. The van der Waals surface area contributed by atoms with Gasteiger partial charge in [-0.25, -0.2) is 4.79 Å². The summed E-state index contributed by atoms with van der Waals surface area (Å²) in [5.74, 6) is -0.622. The molecule has 4 rings (SSSR count). The third-order valence-corrected chi connectivity index (χ3v) is 5.30. The summed E-state index contributed by atoms with van der Waals surface area (Å²) in [4.78, 5) is 26.9. The van der Waals surface area contributed by atoms with E-state index in [0.29, 0.717) is 21.8 Å². The first-order valence-electron chi connectivity index (χ1n) is 9.54. The van der Waals surface area contributed by atoms with Crippen LogP contribution < -0.4 is 16.0 Å². The van der Waals surface area contributed by atoms with Crippen molar-refractivity contribution in [2.24, 2.45) is 0 Å². The van der Waals surface area contributed by atoms with Gasteiger partial charge in [-0.3, -0.25) is 9.36 Å². The van der Waals surface area contributed by atoms with Gasteiger partial charge in [-0.05, 0) is 49.6 Å². The van der Waals surface area contributed by atoms with E-state index in [1.165, 1.54) is 11.0 Å². The number of carbonyl (C=O) groups excluding carboxylic acids is 1. The van der Waals surface area contributed by atoms with Crippen molar-refractivity contribution >= 4 is 40.0 Å². The molecule has 0 bridgehead atoms. The van der Waals surface area contributed by atoms with Crippen LogP contribution in [0.2, 0.25) is 5.02 Å². The van der Waals surface area contributed by atoms with Crippen LogP contribution in [0.25, 0.3) is 11.1 Å². The third-order valence-electron chi connectivity index (χ3n) is 5.07. The Hall–Kier alpha value is -2.73. The third kappa shape index (κ3) is 3.92. The van der Waals surface area contributed by atoms with E-state index in [1.54, 1.807) is 12.1 Å². The molecule has 1 aliphatic rings. The number of fused-ring (bicyclic) bond motifs is 1. The zero-order valence-electron chi connectivity index (χ0n) is 15.5. The smallest absolute Gasteiger partial charge is 0.408 e. The van der Waals surface area contributed by atoms with Crippen LogP contribution >= 0.6 is 11.6 Å². The zero-order chi connectivity index (χ0) is 19.5. The highest BCUT2D eigenvalue weighted by molar-refractivity contribution is 6.31. The van der Waals surface area contributed by atoms with Gasteiger partial charge in [-0.1, -0.05) is 23.7 Å². The molecule has 0 aliphatic carbocycles. The van der Waals surface area contributed by atoms with E-state index in [9.17, 15) is 9.59 Å². The first-order chi connectivity index (χ1) is 13.6. The predicted molar refractivity (Wildman–Crippen MR) is 111 cm³/mol. The quantitative estimate of drug-likeness (QED) is 0.695. The van der Waals surface area contributed by atoms with E-state index in [-0.39, 0.29) is 18.9 Å². The molecule has 146 valence electrons. The number of nitrogens with zero attached hydrogens (tertiary/aromatic N) is 2. The SMILES string of the molecule is O=C(CCn1c(=O)oc2ccccc21)Nc1cc(Cl)ccc1N1CCCCC1. The Morgan fingerprint density at radius 1 is 1.11 bits per heavy atom. The molecule has 2 aromatic carbocycles. The molecule has 0 unspecified atom stereocenters. The average Bonchev–Trinajstić information content (AvgIpc) is 3.02. The Kier molecular flexibility index (Phi) is 5.39. The van der Waals surface area contributed by atoms with Crippen LogP contribution in [0.3, 0.4) is 0 Å². The Bertz CT molecular complexity index is 1050. The molecule has 0 spiro atoms. The summed E-state index contributed by atoms with van der Waals surface area (Å²) in [7, 11) is 0. The van der Waals surface area contributed by atoms with Crippen molar-refractivity contribution in [3.63, 3.8) is 0 Å². The minimum absolute atomic E-state index is 0.162. The van der Waals surface area contributed by atoms with E-state index in [4.69, 9.17) is 16.0 Å². The molecule has 28 heavy (non-hydrogen) atoms. The summed E-state index contributed by atoms with van der Waals surface area (Å²) < 4.78 is 6.70. The van der Waals surface area contributed by atoms with Crippen molar-refractivity contribution < 1.29 is 9.21 Å².